The molecule has 3 heteroatoms. The number of benzene rings is 1. The van der Waals surface area contributed by atoms with Gasteiger partial charge in [0.25, 0.3) is 0 Å². The Labute approximate surface area is 70.2 Å². The Kier molecular flexibility index (Phi) is 2.54. The summed E-state index contributed by atoms with van der Waals surface area (Å²) in [7, 11) is 0. The van der Waals surface area contributed by atoms with Gasteiger partial charge in [0.2, 0.25) is 0 Å². The molecule has 1 radical (unpaired) electrons. The standard InChI is InChI=1S/C8H7FNS/c1-6-2-3-7(9)4-8(6)10-5-11/h2-4H,1H3,(H,10,11). The molecule has 1 N–H and O–H groups in total. The van der Waals surface area contributed by atoms with E-state index in [1.54, 1.807) is 6.07 Å². The van der Waals surface area contributed by atoms with Crippen molar-refractivity contribution in [3.63, 3.8) is 0 Å². The average Bonchev–Trinajstić information content (AvgIpc) is 1.98. The number of nitrogens with one attached hydrogen (secondary N) is 1. The highest BCUT2D eigenvalue weighted by molar-refractivity contribution is 7.79. The maximum absolute atomic E-state index is 12.6. The third-order valence-electron chi connectivity index (χ3n) is 1.39. The van der Waals surface area contributed by atoms with Gasteiger partial charge in [0, 0.05) is 5.69 Å². The summed E-state index contributed by atoms with van der Waals surface area (Å²) in [6.45, 7) is 1.87. The van der Waals surface area contributed by atoms with Crippen molar-refractivity contribution in [1.29, 1.82) is 0 Å². The molecule has 1 aromatic carbocycles. The maximum atomic E-state index is 12.6. The molecule has 0 heterocycles. The second-order valence-corrected chi connectivity index (χ2v) is 2.39. The molecule has 0 spiro atoms. The Morgan fingerprint density at radius 2 is 2.27 bits per heavy atom. The molecule has 0 fully saturated rings. The highest BCUT2D eigenvalue weighted by Gasteiger charge is 1.96. The third-order valence-corrected chi connectivity index (χ3v) is 1.49. The van der Waals surface area contributed by atoms with Crippen LogP contribution in [0.2, 0.25) is 0 Å². The number of hydrogen-bond acceptors (Lipinski definition) is 1. The Hall–Kier alpha value is -0.960. The van der Waals surface area contributed by atoms with E-state index in [0.29, 0.717) is 5.69 Å². The van der Waals surface area contributed by atoms with Gasteiger partial charge in [0.15, 0.2) is 0 Å². The first-order valence-corrected chi connectivity index (χ1v) is 3.54. The van der Waals surface area contributed by atoms with Crippen molar-refractivity contribution >= 4 is 23.4 Å². The first-order chi connectivity index (χ1) is 5.24. The summed E-state index contributed by atoms with van der Waals surface area (Å²) in [4.78, 5) is 0. The van der Waals surface area contributed by atoms with Crippen molar-refractivity contribution < 1.29 is 4.39 Å². The minimum Gasteiger partial charge on any atom is -0.344 e. The molecule has 0 aliphatic heterocycles. The predicted molar refractivity (Wildman–Crippen MR) is 47.4 cm³/mol. The van der Waals surface area contributed by atoms with Gasteiger partial charge in [0.05, 0.1) is 0 Å². The lowest BCUT2D eigenvalue weighted by atomic mass is 10.2. The molecule has 57 valence electrons. The van der Waals surface area contributed by atoms with Gasteiger partial charge < -0.3 is 5.32 Å². The molecule has 0 aromatic heterocycles. The van der Waals surface area contributed by atoms with Crippen LogP contribution in [0, 0.1) is 12.7 Å². The second kappa shape index (κ2) is 3.44. The van der Waals surface area contributed by atoms with Crippen LogP contribution in [0.3, 0.4) is 0 Å². The van der Waals surface area contributed by atoms with E-state index in [-0.39, 0.29) is 5.82 Å². The first-order valence-electron chi connectivity index (χ1n) is 3.13. The van der Waals surface area contributed by atoms with E-state index in [0.717, 1.165) is 5.56 Å². The van der Waals surface area contributed by atoms with Crippen LogP contribution in [-0.4, -0.2) is 5.49 Å². The Morgan fingerprint density at radius 3 is 2.91 bits per heavy atom. The summed E-state index contributed by atoms with van der Waals surface area (Å²) in [5.74, 6) is -0.275. The SMILES string of the molecule is Cc1ccc(F)cc1N[C]=S. The van der Waals surface area contributed by atoms with Gasteiger partial charge in [0.1, 0.15) is 11.3 Å². The molecule has 0 atom stereocenters. The monoisotopic (exact) mass is 168 g/mol. The lowest BCUT2D eigenvalue weighted by Gasteiger charge is -2.02. The summed E-state index contributed by atoms with van der Waals surface area (Å²) in [6, 6.07) is 4.48. The van der Waals surface area contributed by atoms with Gasteiger partial charge in [-0.2, -0.15) is 0 Å². The average molecular weight is 168 g/mol. The summed E-state index contributed by atoms with van der Waals surface area (Å²) in [5, 5.41) is 2.64. The van der Waals surface area contributed by atoms with E-state index in [4.69, 9.17) is 0 Å². The highest BCUT2D eigenvalue weighted by Crippen LogP contribution is 2.14. The molecular formula is C8H7FNS. The van der Waals surface area contributed by atoms with Gasteiger partial charge in [-0.25, -0.2) is 4.39 Å². The van der Waals surface area contributed by atoms with Crippen molar-refractivity contribution in [2.45, 2.75) is 6.92 Å². The zero-order valence-electron chi connectivity index (χ0n) is 6.02. The number of anilines is 1. The Balaban J connectivity index is 3.01. The first kappa shape index (κ1) is 8.14. The molecule has 0 aliphatic rings. The van der Waals surface area contributed by atoms with E-state index >= 15 is 0 Å². The van der Waals surface area contributed by atoms with E-state index in [1.165, 1.54) is 12.1 Å². The molecule has 0 bridgehead atoms. The fraction of sp³-hybridized carbons (Fsp3) is 0.125. The molecular weight excluding hydrogens is 161 g/mol. The molecule has 1 nitrogen and oxygen atoms in total. The second-order valence-electron chi connectivity index (χ2n) is 2.19. The summed E-state index contributed by atoms with van der Waals surface area (Å²) < 4.78 is 12.6. The smallest absolute Gasteiger partial charge is 0.138 e. The van der Waals surface area contributed by atoms with Gasteiger partial charge in [-0.1, -0.05) is 18.3 Å². The molecule has 0 amide bonds. The van der Waals surface area contributed by atoms with Crippen LogP contribution in [-0.2, 0) is 0 Å². The number of thiocarbonyl (C=S) groups is 1. The van der Waals surface area contributed by atoms with Crippen LogP contribution < -0.4 is 5.32 Å². The molecule has 1 rings (SSSR count). The predicted octanol–water partition coefficient (Wildman–Crippen LogP) is 2.38. The fourth-order valence-corrected chi connectivity index (χ4v) is 0.894. The van der Waals surface area contributed by atoms with Gasteiger partial charge >= 0.3 is 0 Å². The Bertz CT molecular complexity index is 273. The van der Waals surface area contributed by atoms with E-state index < -0.39 is 0 Å². The van der Waals surface area contributed by atoms with E-state index in [1.807, 2.05) is 6.92 Å². The number of aryl methyl sites for hydroxylation is 1. The minimum absolute atomic E-state index is 0.275. The van der Waals surface area contributed by atoms with Crippen molar-refractivity contribution in [2.24, 2.45) is 0 Å². The number of hydrogen-bond donors (Lipinski definition) is 1. The molecule has 0 aliphatic carbocycles. The summed E-state index contributed by atoms with van der Waals surface area (Å²) >= 11 is 4.45. The maximum Gasteiger partial charge on any atom is 0.138 e. The topological polar surface area (TPSA) is 12.0 Å². The molecule has 11 heavy (non-hydrogen) atoms. The van der Waals surface area contributed by atoms with E-state index in [9.17, 15) is 4.39 Å². The zero-order chi connectivity index (χ0) is 8.27. The summed E-state index contributed by atoms with van der Waals surface area (Å²) in [6.07, 6.45) is 0. The molecule has 1 aromatic rings. The van der Waals surface area contributed by atoms with Crippen LogP contribution in [0.15, 0.2) is 18.2 Å². The van der Waals surface area contributed by atoms with Crippen molar-refractivity contribution in [2.75, 3.05) is 5.32 Å². The minimum atomic E-state index is -0.275. The molecule has 0 saturated carbocycles. The van der Waals surface area contributed by atoms with Gasteiger partial charge in [-0.15, -0.1) is 0 Å². The quantitative estimate of drug-likeness (QED) is 0.537. The number of halogens is 1. The Morgan fingerprint density at radius 1 is 1.55 bits per heavy atom. The van der Waals surface area contributed by atoms with Crippen LogP contribution in [0.25, 0.3) is 0 Å². The van der Waals surface area contributed by atoms with Crippen molar-refractivity contribution in [3.8, 4) is 0 Å². The largest absolute Gasteiger partial charge is 0.344 e. The fourth-order valence-electron chi connectivity index (χ4n) is 0.784. The number of rotatable bonds is 2. The van der Waals surface area contributed by atoms with Crippen molar-refractivity contribution in [1.82, 2.24) is 0 Å². The molecule has 0 saturated heterocycles. The lowest BCUT2D eigenvalue weighted by molar-refractivity contribution is 0.628. The lowest BCUT2D eigenvalue weighted by Crippen LogP contribution is -1.95. The van der Waals surface area contributed by atoms with E-state index in [2.05, 4.69) is 23.0 Å². The van der Waals surface area contributed by atoms with Crippen molar-refractivity contribution in [3.05, 3.63) is 29.6 Å². The van der Waals surface area contributed by atoms with Crippen LogP contribution in [0.1, 0.15) is 5.56 Å². The van der Waals surface area contributed by atoms with Gasteiger partial charge in [-0.3, -0.25) is 0 Å². The normalized spacial score (nSPS) is 9.27. The molecule has 0 unspecified atom stereocenters. The van der Waals surface area contributed by atoms with Gasteiger partial charge in [-0.05, 0) is 24.6 Å². The highest BCUT2D eigenvalue weighted by atomic mass is 32.1. The zero-order valence-corrected chi connectivity index (χ0v) is 6.83. The van der Waals surface area contributed by atoms with Crippen LogP contribution in [0.5, 0.6) is 0 Å². The van der Waals surface area contributed by atoms with Crippen LogP contribution in [0.4, 0.5) is 10.1 Å². The van der Waals surface area contributed by atoms with Crippen LogP contribution >= 0.6 is 12.2 Å². The summed E-state index contributed by atoms with van der Waals surface area (Å²) in [5.41, 5.74) is 3.93. The third kappa shape index (κ3) is 1.98.